The van der Waals surface area contributed by atoms with Gasteiger partial charge in [0.15, 0.2) is 0 Å². The van der Waals surface area contributed by atoms with Crippen LogP contribution in [0.3, 0.4) is 0 Å². The van der Waals surface area contributed by atoms with Gasteiger partial charge in [-0.15, -0.1) is 0 Å². The van der Waals surface area contributed by atoms with Crippen molar-refractivity contribution < 1.29 is 24.2 Å². The number of nitrogens with one attached hydrogen (secondary N) is 2. The van der Waals surface area contributed by atoms with Gasteiger partial charge in [0.2, 0.25) is 11.8 Å². The van der Waals surface area contributed by atoms with E-state index in [-0.39, 0.29) is 30.0 Å². The minimum absolute atomic E-state index is 0.0126. The lowest BCUT2D eigenvalue weighted by Gasteiger charge is -2.34. The monoisotopic (exact) mass is 453 g/mol. The molecule has 1 rings (SSSR count). The lowest BCUT2D eigenvalue weighted by Crippen LogP contribution is -2.54. The predicted octanol–water partition coefficient (Wildman–Crippen LogP) is 3.02. The summed E-state index contributed by atoms with van der Waals surface area (Å²) >= 11 is 4.22. The number of carbonyl (C=O) groups excluding carboxylic acids is 3. The van der Waals surface area contributed by atoms with Gasteiger partial charge in [-0.05, 0) is 58.7 Å². The van der Waals surface area contributed by atoms with E-state index in [2.05, 4.69) is 23.3 Å². The lowest BCUT2D eigenvalue weighted by molar-refractivity contribution is -0.142. The third kappa shape index (κ3) is 8.69. The zero-order valence-electron chi connectivity index (χ0n) is 19.1. The average Bonchev–Trinajstić information content (AvgIpc) is 2.63. The number of phenolic OH excluding ortho intramolecular Hbond substituents is 1. The van der Waals surface area contributed by atoms with Crippen molar-refractivity contribution in [3.63, 3.8) is 0 Å². The van der Waals surface area contributed by atoms with E-state index in [1.54, 1.807) is 32.9 Å². The number of aromatic hydroxyl groups is 1. The van der Waals surface area contributed by atoms with Gasteiger partial charge in [-0.1, -0.05) is 19.1 Å². The van der Waals surface area contributed by atoms with Gasteiger partial charge < -0.3 is 25.4 Å². The molecule has 0 heterocycles. The molecule has 0 aliphatic rings. The Hall–Kier alpha value is -2.42. The SMILES string of the molecule is CCCN(C(=O)C(CS)NC(=O)OC(C)(C)C)C(C(=O)NC(C)C)c1cccc(O)c1. The fraction of sp³-hybridized carbons (Fsp3) is 0.591. The Balaban J connectivity index is 3.29. The van der Waals surface area contributed by atoms with Crippen molar-refractivity contribution in [2.24, 2.45) is 0 Å². The van der Waals surface area contributed by atoms with Crippen LogP contribution in [0.25, 0.3) is 0 Å². The van der Waals surface area contributed by atoms with Gasteiger partial charge in [0.25, 0.3) is 0 Å². The highest BCUT2D eigenvalue weighted by atomic mass is 32.1. The minimum Gasteiger partial charge on any atom is -0.508 e. The number of phenols is 1. The first-order valence-electron chi connectivity index (χ1n) is 10.4. The van der Waals surface area contributed by atoms with Gasteiger partial charge in [-0.2, -0.15) is 12.6 Å². The molecule has 174 valence electrons. The fourth-order valence-electron chi connectivity index (χ4n) is 2.97. The number of alkyl carbamates (subject to hydrolysis) is 1. The van der Waals surface area contributed by atoms with E-state index in [1.807, 2.05) is 20.8 Å². The fourth-order valence-corrected chi connectivity index (χ4v) is 3.22. The Labute approximate surface area is 190 Å². The molecule has 0 radical (unpaired) electrons. The second-order valence-electron chi connectivity index (χ2n) is 8.57. The second kappa shape index (κ2) is 11.8. The molecular weight excluding hydrogens is 418 g/mol. The van der Waals surface area contributed by atoms with Crippen molar-refractivity contribution in [2.75, 3.05) is 12.3 Å². The number of benzene rings is 1. The van der Waals surface area contributed by atoms with Gasteiger partial charge in [-0.25, -0.2) is 4.79 Å². The third-order valence-electron chi connectivity index (χ3n) is 4.10. The molecule has 0 fully saturated rings. The summed E-state index contributed by atoms with van der Waals surface area (Å²) in [5.41, 5.74) is -0.256. The molecule has 1 aromatic carbocycles. The molecule has 1 aromatic rings. The van der Waals surface area contributed by atoms with Crippen LogP contribution >= 0.6 is 12.6 Å². The Kier molecular flexibility index (Phi) is 10.2. The number of rotatable bonds is 9. The maximum Gasteiger partial charge on any atom is 0.408 e. The number of ether oxygens (including phenoxy) is 1. The zero-order valence-corrected chi connectivity index (χ0v) is 20.0. The summed E-state index contributed by atoms with van der Waals surface area (Å²) in [5, 5.41) is 15.3. The van der Waals surface area contributed by atoms with Crippen LogP contribution < -0.4 is 10.6 Å². The van der Waals surface area contributed by atoms with Gasteiger partial charge in [0.1, 0.15) is 23.4 Å². The Bertz CT molecular complexity index is 764. The van der Waals surface area contributed by atoms with Crippen molar-refractivity contribution in [2.45, 2.75) is 71.7 Å². The molecule has 9 heteroatoms. The molecular formula is C22H35N3O5S. The molecule has 3 amide bonds. The number of amides is 3. The van der Waals surface area contributed by atoms with E-state index in [4.69, 9.17) is 4.74 Å². The van der Waals surface area contributed by atoms with Crippen LogP contribution in [0, 0.1) is 0 Å². The van der Waals surface area contributed by atoms with Crippen LogP contribution in [-0.2, 0) is 14.3 Å². The van der Waals surface area contributed by atoms with Gasteiger partial charge in [0, 0.05) is 18.3 Å². The second-order valence-corrected chi connectivity index (χ2v) is 8.94. The quantitative estimate of drug-likeness (QED) is 0.430. The summed E-state index contributed by atoms with van der Waals surface area (Å²) in [7, 11) is 0. The van der Waals surface area contributed by atoms with Crippen LogP contribution in [0.15, 0.2) is 24.3 Å². The Morgan fingerprint density at radius 3 is 2.32 bits per heavy atom. The van der Waals surface area contributed by atoms with E-state index in [9.17, 15) is 19.5 Å². The Morgan fingerprint density at radius 2 is 1.84 bits per heavy atom. The normalized spacial score (nSPS) is 13.3. The van der Waals surface area contributed by atoms with Crippen LogP contribution in [0.5, 0.6) is 5.75 Å². The van der Waals surface area contributed by atoms with E-state index in [1.165, 1.54) is 17.0 Å². The Morgan fingerprint density at radius 1 is 1.19 bits per heavy atom. The highest BCUT2D eigenvalue weighted by Crippen LogP contribution is 2.26. The maximum atomic E-state index is 13.4. The molecule has 0 aliphatic carbocycles. The molecule has 2 atom stereocenters. The first-order chi connectivity index (χ1) is 14.4. The molecule has 0 aliphatic heterocycles. The van der Waals surface area contributed by atoms with Crippen molar-refractivity contribution in [1.82, 2.24) is 15.5 Å². The van der Waals surface area contributed by atoms with E-state index in [0.29, 0.717) is 12.0 Å². The summed E-state index contributed by atoms with van der Waals surface area (Å²) in [6.45, 7) is 11.0. The molecule has 8 nitrogen and oxygen atoms in total. The first kappa shape index (κ1) is 26.6. The molecule has 0 bridgehead atoms. The first-order valence-corrected chi connectivity index (χ1v) is 11.0. The molecule has 31 heavy (non-hydrogen) atoms. The van der Waals surface area contributed by atoms with Crippen LogP contribution in [-0.4, -0.2) is 57.9 Å². The van der Waals surface area contributed by atoms with Gasteiger partial charge in [-0.3, -0.25) is 9.59 Å². The maximum absolute atomic E-state index is 13.4. The summed E-state index contributed by atoms with van der Waals surface area (Å²) in [6.07, 6.45) is -0.154. The van der Waals surface area contributed by atoms with E-state index in [0.717, 1.165) is 0 Å². The zero-order chi connectivity index (χ0) is 23.8. The number of carbonyl (C=O) groups is 3. The van der Waals surface area contributed by atoms with Gasteiger partial charge in [0.05, 0.1) is 0 Å². The third-order valence-corrected chi connectivity index (χ3v) is 4.46. The summed E-state index contributed by atoms with van der Waals surface area (Å²) in [4.78, 5) is 40.1. The average molecular weight is 454 g/mol. The highest BCUT2D eigenvalue weighted by molar-refractivity contribution is 7.80. The van der Waals surface area contributed by atoms with Crippen molar-refractivity contribution in [3.05, 3.63) is 29.8 Å². The largest absolute Gasteiger partial charge is 0.508 e. The number of hydrogen-bond donors (Lipinski definition) is 4. The van der Waals surface area contributed by atoms with Crippen molar-refractivity contribution in [3.8, 4) is 5.75 Å². The van der Waals surface area contributed by atoms with Crippen LogP contribution in [0.1, 0.15) is 59.6 Å². The lowest BCUT2D eigenvalue weighted by atomic mass is 10.0. The molecule has 0 spiro atoms. The van der Waals surface area contributed by atoms with Crippen LogP contribution in [0.4, 0.5) is 4.79 Å². The molecule has 0 saturated carbocycles. The van der Waals surface area contributed by atoms with Crippen molar-refractivity contribution >= 4 is 30.5 Å². The predicted molar refractivity (Wildman–Crippen MR) is 123 cm³/mol. The highest BCUT2D eigenvalue weighted by Gasteiger charge is 2.35. The summed E-state index contributed by atoms with van der Waals surface area (Å²) in [6, 6.07) is 4.12. The topological polar surface area (TPSA) is 108 Å². The number of nitrogens with zero attached hydrogens (tertiary/aromatic N) is 1. The van der Waals surface area contributed by atoms with E-state index >= 15 is 0 Å². The molecule has 0 aromatic heterocycles. The van der Waals surface area contributed by atoms with Crippen LogP contribution in [0.2, 0.25) is 0 Å². The molecule has 3 N–H and O–H groups in total. The minimum atomic E-state index is -0.989. The smallest absolute Gasteiger partial charge is 0.408 e. The molecule has 0 saturated heterocycles. The van der Waals surface area contributed by atoms with Gasteiger partial charge >= 0.3 is 6.09 Å². The summed E-state index contributed by atoms with van der Waals surface area (Å²) in [5.74, 6) is -0.828. The standard InChI is InChI=1S/C22H35N3O5S/c1-7-11-25(20(28)17(13-31)24-21(29)30-22(4,5)6)18(19(27)23-14(2)3)15-9-8-10-16(26)12-15/h8-10,12,14,17-18,26,31H,7,11,13H2,1-6H3,(H,23,27)(H,24,29). The number of hydrogen-bond acceptors (Lipinski definition) is 6. The number of thiol groups is 1. The van der Waals surface area contributed by atoms with Crippen molar-refractivity contribution in [1.29, 1.82) is 0 Å². The molecule has 2 unspecified atom stereocenters. The summed E-state index contributed by atoms with van der Waals surface area (Å²) < 4.78 is 5.25. The van der Waals surface area contributed by atoms with E-state index < -0.39 is 29.7 Å².